The number of hydrogen-bond donors (Lipinski definition) is 1. The van der Waals surface area contributed by atoms with Crippen molar-refractivity contribution in [2.24, 2.45) is 5.10 Å². The van der Waals surface area contributed by atoms with Crippen LogP contribution < -0.4 is 9.47 Å². The number of aromatic nitrogens is 3. The van der Waals surface area contributed by atoms with E-state index in [1.165, 1.54) is 0 Å². The Labute approximate surface area is 142 Å². The van der Waals surface area contributed by atoms with Gasteiger partial charge in [-0.1, -0.05) is 6.07 Å². The predicted molar refractivity (Wildman–Crippen MR) is 93.3 cm³/mol. The van der Waals surface area contributed by atoms with Crippen LogP contribution in [-0.2, 0) is 0 Å². The average Bonchev–Trinajstić information content (AvgIpc) is 3.22. The fourth-order valence-corrected chi connectivity index (χ4v) is 2.80. The molecule has 6 nitrogen and oxygen atoms in total. The molecule has 3 rings (SSSR count). The number of H-pyrrole nitrogens is 1. The Kier molecular flexibility index (Phi) is 4.54. The second kappa shape index (κ2) is 6.76. The molecule has 0 saturated carbocycles. The molecule has 3 aromatic rings. The normalized spacial score (nSPS) is 11.0. The number of hydrogen-bond acceptors (Lipinski definition) is 6. The van der Waals surface area contributed by atoms with E-state index in [9.17, 15) is 0 Å². The van der Waals surface area contributed by atoms with E-state index in [0.717, 1.165) is 10.4 Å². The van der Waals surface area contributed by atoms with Crippen molar-refractivity contribution >= 4 is 29.8 Å². The van der Waals surface area contributed by atoms with Crippen LogP contribution in [0.1, 0.15) is 4.88 Å². The predicted octanol–water partition coefficient (Wildman–Crippen LogP) is 3.57. The maximum absolute atomic E-state index is 5.33. The van der Waals surface area contributed by atoms with Gasteiger partial charge < -0.3 is 9.47 Å². The number of aromatic amines is 1. The van der Waals surface area contributed by atoms with Crippen LogP contribution in [0, 0.1) is 4.77 Å². The molecule has 0 amide bonds. The van der Waals surface area contributed by atoms with Crippen LogP contribution in [0.15, 0.2) is 40.8 Å². The lowest BCUT2D eigenvalue weighted by atomic mass is 10.2. The van der Waals surface area contributed by atoms with Crippen molar-refractivity contribution in [2.45, 2.75) is 0 Å². The van der Waals surface area contributed by atoms with Crippen LogP contribution in [0.4, 0.5) is 0 Å². The number of rotatable bonds is 5. The Hall–Kier alpha value is -2.45. The molecule has 0 saturated heterocycles. The molecule has 2 aromatic heterocycles. The maximum Gasteiger partial charge on any atom is 0.216 e. The molecule has 1 N–H and O–H groups in total. The van der Waals surface area contributed by atoms with Crippen LogP contribution >= 0.6 is 23.6 Å². The minimum atomic E-state index is 0.419. The summed E-state index contributed by atoms with van der Waals surface area (Å²) in [5.41, 5.74) is 0.818. The van der Waals surface area contributed by atoms with Crippen molar-refractivity contribution in [2.75, 3.05) is 14.2 Å². The van der Waals surface area contributed by atoms with E-state index >= 15 is 0 Å². The van der Waals surface area contributed by atoms with Gasteiger partial charge in [0.2, 0.25) is 4.77 Å². The maximum atomic E-state index is 5.33. The van der Waals surface area contributed by atoms with Gasteiger partial charge >= 0.3 is 0 Å². The Morgan fingerprint density at radius 3 is 2.78 bits per heavy atom. The molecule has 0 radical (unpaired) electrons. The van der Waals surface area contributed by atoms with Crippen molar-refractivity contribution in [1.29, 1.82) is 0 Å². The third-order valence-electron chi connectivity index (χ3n) is 3.14. The van der Waals surface area contributed by atoms with E-state index in [-0.39, 0.29) is 0 Å². The van der Waals surface area contributed by atoms with E-state index < -0.39 is 0 Å². The van der Waals surface area contributed by atoms with E-state index in [4.69, 9.17) is 21.7 Å². The highest BCUT2D eigenvalue weighted by Crippen LogP contribution is 2.31. The third-order valence-corrected chi connectivity index (χ3v) is 4.21. The van der Waals surface area contributed by atoms with E-state index in [2.05, 4.69) is 15.3 Å². The molecule has 118 valence electrons. The summed E-state index contributed by atoms with van der Waals surface area (Å²) >= 11 is 6.86. The molecule has 8 heteroatoms. The highest BCUT2D eigenvalue weighted by Gasteiger charge is 2.12. The van der Waals surface area contributed by atoms with Gasteiger partial charge in [0.05, 0.1) is 20.4 Å². The van der Waals surface area contributed by atoms with Crippen molar-refractivity contribution in [3.63, 3.8) is 0 Å². The largest absolute Gasteiger partial charge is 0.493 e. The number of ether oxygens (including phenoxy) is 2. The van der Waals surface area contributed by atoms with Crippen LogP contribution in [0.5, 0.6) is 11.5 Å². The fourth-order valence-electron chi connectivity index (χ4n) is 2.04. The number of nitrogens with zero attached hydrogens (tertiary/aromatic N) is 3. The molecule has 0 bridgehead atoms. The fraction of sp³-hybridized carbons (Fsp3) is 0.133. The number of thiophene rings is 1. The Morgan fingerprint density at radius 1 is 1.26 bits per heavy atom. The summed E-state index contributed by atoms with van der Waals surface area (Å²) < 4.78 is 12.6. The van der Waals surface area contributed by atoms with Gasteiger partial charge in [0.15, 0.2) is 17.3 Å². The molecule has 0 atom stereocenters. The van der Waals surface area contributed by atoms with Gasteiger partial charge in [-0.15, -0.1) is 11.3 Å². The lowest BCUT2D eigenvalue weighted by Gasteiger charge is -2.08. The molecule has 0 spiro atoms. The summed E-state index contributed by atoms with van der Waals surface area (Å²) in [7, 11) is 3.19. The molecular weight excluding hydrogens is 332 g/mol. The summed E-state index contributed by atoms with van der Waals surface area (Å²) in [6.45, 7) is 0. The Bertz CT molecular complexity index is 881. The first-order chi connectivity index (χ1) is 11.2. The van der Waals surface area contributed by atoms with Gasteiger partial charge in [-0.2, -0.15) is 14.9 Å². The van der Waals surface area contributed by atoms with E-state index in [1.807, 2.05) is 35.7 Å². The van der Waals surface area contributed by atoms with E-state index in [1.54, 1.807) is 36.4 Å². The summed E-state index contributed by atoms with van der Waals surface area (Å²) in [5, 5.41) is 13.4. The highest BCUT2D eigenvalue weighted by atomic mass is 32.1. The molecule has 0 unspecified atom stereocenters. The summed E-state index contributed by atoms with van der Waals surface area (Å²) in [6, 6.07) is 9.48. The molecule has 0 aliphatic carbocycles. The van der Waals surface area contributed by atoms with E-state index in [0.29, 0.717) is 22.1 Å². The zero-order chi connectivity index (χ0) is 16.2. The van der Waals surface area contributed by atoms with Gasteiger partial charge in [0, 0.05) is 10.4 Å². The lowest BCUT2D eigenvalue weighted by molar-refractivity contribution is 0.355. The Morgan fingerprint density at radius 2 is 2.09 bits per heavy atom. The number of nitrogens with one attached hydrogen (secondary N) is 1. The van der Waals surface area contributed by atoms with Crippen LogP contribution in [-0.4, -0.2) is 35.3 Å². The zero-order valence-corrected chi connectivity index (χ0v) is 14.1. The van der Waals surface area contributed by atoms with Gasteiger partial charge in [-0.05, 0) is 41.9 Å². The summed E-state index contributed by atoms with van der Waals surface area (Å²) in [4.78, 5) is 1.03. The van der Waals surface area contributed by atoms with Crippen molar-refractivity contribution in [3.05, 3.63) is 45.4 Å². The zero-order valence-electron chi connectivity index (χ0n) is 12.5. The van der Waals surface area contributed by atoms with Crippen LogP contribution in [0.25, 0.3) is 11.4 Å². The van der Waals surface area contributed by atoms with Crippen molar-refractivity contribution in [3.8, 4) is 22.9 Å². The first-order valence-corrected chi connectivity index (χ1v) is 7.99. The molecule has 1 aromatic carbocycles. The van der Waals surface area contributed by atoms with Crippen LogP contribution in [0.3, 0.4) is 0 Å². The first kappa shape index (κ1) is 15.4. The van der Waals surface area contributed by atoms with Crippen molar-refractivity contribution < 1.29 is 9.47 Å². The second-order valence-corrected chi connectivity index (χ2v) is 5.86. The third kappa shape index (κ3) is 3.17. The van der Waals surface area contributed by atoms with Gasteiger partial charge in [-0.25, -0.2) is 5.10 Å². The standard InChI is InChI=1S/C15H14N4O2S2/c1-20-12-6-5-10(8-13(12)21-2)14-17-18-15(22)19(14)16-9-11-4-3-7-23-11/h3-9H,1-2H3,(H,18,22). The number of methoxy groups -OCH3 is 2. The SMILES string of the molecule is COc1ccc(-c2n[nH]c(=S)n2N=Cc2cccs2)cc1OC. The van der Waals surface area contributed by atoms with Crippen molar-refractivity contribution in [1.82, 2.24) is 14.9 Å². The summed E-state index contributed by atoms with van der Waals surface area (Å²) in [5.74, 6) is 1.87. The summed E-state index contributed by atoms with van der Waals surface area (Å²) in [6.07, 6.45) is 1.75. The smallest absolute Gasteiger partial charge is 0.216 e. The monoisotopic (exact) mass is 346 g/mol. The molecule has 23 heavy (non-hydrogen) atoms. The number of benzene rings is 1. The van der Waals surface area contributed by atoms with Crippen LogP contribution in [0.2, 0.25) is 0 Å². The quantitative estimate of drug-likeness (QED) is 0.567. The van der Waals surface area contributed by atoms with Gasteiger partial charge in [0.1, 0.15) is 0 Å². The minimum absolute atomic E-state index is 0.419. The van der Waals surface area contributed by atoms with Gasteiger partial charge in [0.25, 0.3) is 0 Å². The Balaban J connectivity index is 2.03. The lowest BCUT2D eigenvalue weighted by Crippen LogP contribution is -1.96. The van der Waals surface area contributed by atoms with Gasteiger partial charge in [-0.3, -0.25) is 0 Å². The molecule has 0 aliphatic heterocycles. The molecule has 0 aliphatic rings. The highest BCUT2D eigenvalue weighted by molar-refractivity contribution is 7.71. The minimum Gasteiger partial charge on any atom is -0.493 e. The molecule has 2 heterocycles. The molecular formula is C15H14N4O2S2. The molecule has 0 fully saturated rings. The topological polar surface area (TPSA) is 64.4 Å². The average molecular weight is 346 g/mol. The second-order valence-electron chi connectivity index (χ2n) is 4.49. The first-order valence-electron chi connectivity index (χ1n) is 6.70.